The average Bonchev–Trinajstić information content (AvgIpc) is 3.56. The van der Waals surface area contributed by atoms with E-state index < -0.39 is 5.97 Å². The Bertz CT molecular complexity index is 1070. The summed E-state index contributed by atoms with van der Waals surface area (Å²) in [5.74, 6) is 0.797. The molecule has 7 heteroatoms. The normalized spacial score (nSPS) is 15.1. The van der Waals surface area contributed by atoms with E-state index in [1.807, 2.05) is 12.1 Å². The summed E-state index contributed by atoms with van der Waals surface area (Å²) >= 11 is 8.29. The van der Waals surface area contributed by atoms with Gasteiger partial charge in [0.15, 0.2) is 0 Å². The molecule has 1 aromatic heterocycles. The van der Waals surface area contributed by atoms with Gasteiger partial charge in [-0.05, 0) is 63.3 Å². The zero-order chi connectivity index (χ0) is 22.3. The molecule has 2 aliphatic rings. The maximum Gasteiger partial charge on any atom is 0.344 e. The third-order valence-corrected chi connectivity index (χ3v) is 7.06. The fraction of sp³-hybridized carbons (Fsp3) is 0.500. The lowest BCUT2D eigenvalue weighted by Gasteiger charge is -2.26. The van der Waals surface area contributed by atoms with Crippen molar-refractivity contribution in [2.24, 2.45) is 0 Å². The number of ether oxygens (including phenoxy) is 2. The molecule has 1 fully saturated rings. The number of hydrogen-bond donors (Lipinski definition) is 0. The van der Waals surface area contributed by atoms with Crippen LogP contribution >= 0.6 is 23.4 Å². The van der Waals surface area contributed by atoms with Gasteiger partial charge in [-0.1, -0.05) is 25.4 Å². The average molecular weight is 462 g/mol. The van der Waals surface area contributed by atoms with Gasteiger partial charge in [-0.25, -0.2) is 4.79 Å². The number of aromatic nitrogens is 1. The number of pyridine rings is 1. The summed E-state index contributed by atoms with van der Waals surface area (Å²) in [5, 5.41) is 0.539. The molecule has 1 saturated carbocycles. The van der Waals surface area contributed by atoms with Crippen LogP contribution < -0.4 is 10.3 Å². The van der Waals surface area contributed by atoms with Crippen molar-refractivity contribution in [3.63, 3.8) is 0 Å². The number of carbonyl (C=O) groups excluding carboxylic acids is 1. The van der Waals surface area contributed by atoms with Gasteiger partial charge in [0, 0.05) is 22.3 Å². The van der Waals surface area contributed by atoms with E-state index in [2.05, 4.69) is 13.8 Å². The summed E-state index contributed by atoms with van der Waals surface area (Å²) in [4.78, 5) is 27.0. The van der Waals surface area contributed by atoms with E-state index in [1.54, 1.807) is 36.2 Å². The fourth-order valence-corrected chi connectivity index (χ4v) is 5.17. The number of esters is 1. The minimum absolute atomic E-state index is 0.114. The molecule has 0 amide bonds. The van der Waals surface area contributed by atoms with Crippen LogP contribution in [0.1, 0.15) is 75.3 Å². The number of nitrogens with zero attached hydrogens (tertiary/aromatic N) is 1. The van der Waals surface area contributed by atoms with Crippen molar-refractivity contribution >= 4 is 29.3 Å². The standard InChI is InChI=1S/C24H28ClNO4S/c1-5-16(6-2)30-20-11-21-17(10-19(20)25)22-14(12-31-21)9-18(24(28)29-13(3)4)23(27)26(22)15-7-8-15/h9-11,13,15-16H,5-8,12H2,1-4H3. The van der Waals surface area contributed by atoms with Crippen molar-refractivity contribution in [3.8, 4) is 17.0 Å². The number of benzene rings is 1. The summed E-state index contributed by atoms with van der Waals surface area (Å²) in [6.45, 7) is 7.76. The van der Waals surface area contributed by atoms with Gasteiger partial charge in [0.1, 0.15) is 11.3 Å². The van der Waals surface area contributed by atoms with Gasteiger partial charge in [0.05, 0.1) is 22.9 Å². The van der Waals surface area contributed by atoms with Crippen LogP contribution in [0.3, 0.4) is 0 Å². The maximum absolute atomic E-state index is 13.3. The lowest BCUT2D eigenvalue weighted by molar-refractivity contribution is 0.0375. The smallest absolute Gasteiger partial charge is 0.344 e. The largest absolute Gasteiger partial charge is 0.489 e. The second-order valence-corrected chi connectivity index (χ2v) is 9.84. The molecule has 0 atom stereocenters. The van der Waals surface area contributed by atoms with E-state index in [4.69, 9.17) is 21.1 Å². The molecule has 1 aromatic carbocycles. The molecule has 5 nitrogen and oxygen atoms in total. The molecule has 1 aliphatic carbocycles. The predicted molar refractivity (Wildman–Crippen MR) is 125 cm³/mol. The topological polar surface area (TPSA) is 57.5 Å². The van der Waals surface area contributed by atoms with E-state index in [1.165, 1.54) is 0 Å². The first-order valence-electron chi connectivity index (χ1n) is 11.0. The van der Waals surface area contributed by atoms with Crippen LogP contribution in [0, 0.1) is 0 Å². The van der Waals surface area contributed by atoms with Gasteiger partial charge in [-0.15, -0.1) is 11.8 Å². The van der Waals surface area contributed by atoms with Crippen molar-refractivity contribution in [2.75, 3.05) is 0 Å². The lowest BCUT2D eigenvalue weighted by Crippen LogP contribution is -2.30. The molecule has 0 N–H and O–H groups in total. The van der Waals surface area contributed by atoms with Crippen LogP contribution in [0.25, 0.3) is 11.3 Å². The fourth-order valence-electron chi connectivity index (χ4n) is 3.93. The van der Waals surface area contributed by atoms with Gasteiger partial charge in [-0.2, -0.15) is 0 Å². The van der Waals surface area contributed by atoms with E-state index in [0.29, 0.717) is 16.5 Å². The number of thioether (sulfide) groups is 1. The molecule has 0 bridgehead atoms. The summed E-state index contributed by atoms with van der Waals surface area (Å²) in [6.07, 6.45) is 3.53. The van der Waals surface area contributed by atoms with Crippen molar-refractivity contribution < 1.29 is 14.3 Å². The summed E-state index contributed by atoms with van der Waals surface area (Å²) in [6, 6.07) is 5.72. The van der Waals surface area contributed by atoms with Gasteiger partial charge >= 0.3 is 5.97 Å². The Balaban J connectivity index is 1.83. The van der Waals surface area contributed by atoms with Crippen molar-refractivity contribution in [2.45, 2.75) is 82.3 Å². The molecule has 2 heterocycles. The van der Waals surface area contributed by atoms with Gasteiger partial charge in [-0.3, -0.25) is 4.79 Å². The van der Waals surface area contributed by atoms with Gasteiger partial charge < -0.3 is 14.0 Å². The van der Waals surface area contributed by atoms with Crippen molar-refractivity contribution in [3.05, 3.63) is 44.7 Å². The minimum atomic E-state index is -0.556. The van der Waals surface area contributed by atoms with Crippen LogP contribution in [-0.2, 0) is 10.5 Å². The molecule has 0 saturated heterocycles. The number of fused-ring (bicyclic) bond motifs is 3. The predicted octanol–water partition coefficient (Wildman–Crippen LogP) is 6.24. The molecule has 31 heavy (non-hydrogen) atoms. The Morgan fingerprint density at radius 1 is 1.23 bits per heavy atom. The molecule has 4 rings (SSSR count). The first kappa shape index (κ1) is 22.3. The van der Waals surface area contributed by atoms with Crippen LogP contribution in [0.15, 0.2) is 27.9 Å². The lowest BCUT2D eigenvalue weighted by atomic mass is 10.0. The number of halogens is 1. The van der Waals surface area contributed by atoms with Crippen LogP contribution in [0.4, 0.5) is 0 Å². The maximum atomic E-state index is 13.3. The Morgan fingerprint density at radius 3 is 2.55 bits per heavy atom. The highest BCUT2D eigenvalue weighted by molar-refractivity contribution is 7.98. The quantitative estimate of drug-likeness (QED) is 0.456. The highest BCUT2D eigenvalue weighted by Crippen LogP contribution is 2.48. The van der Waals surface area contributed by atoms with Crippen LogP contribution in [0.5, 0.6) is 5.75 Å². The molecular weight excluding hydrogens is 434 g/mol. The van der Waals surface area contributed by atoms with Crippen molar-refractivity contribution in [1.29, 1.82) is 0 Å². The molecular formula is C24H28ClNO4S. The summed E-state index contributed by atoms with van der Waals surface area (Å²) in [5.41, 5.74) is 2.60. The number of carbonyl (C=O) groups is 1. The highest BCUT2D eigenvalue weighted by atomic mass is 35.5. The second-order valence-electron chi connectivity index (χ2n) is 8.42. The van der Waals surface area contributed by atoms with Gasteiger partial charge in [0.25, 0.3) is 5.56 Å². The summed E-state index contributed by atoms with van der Waals surface area (Å²) < 4.78 is 13.2. The Kier molecular flexibility index (Phi) is 6.40. The monoisotopic (exact) mass is 461 g/mol. The van der Waals surface area contributed by atoms with E-state index >= 15 is 0 Å². The van der Waals surface area contributed by atoms with Crippen molar-refractivity contribution in [1.82, 2.24) is 4.57 Å². The molecule has 1 aliphatic heterocycles. The van der Waals surface area contributed by atoms with E-state index in [9.17, 15) is 9.59 Å². The van der Waals surface area contributed by atoms with E-state index in [-0.39, 0.29) is 29.4 Å². The molecule has 0 spiro atoms. The van der Waals surface area contributed by atoms with Crippen LogP contribution in [-0.4, -0.2) is 22.7 Å². The third kappa shape index (κ3) is 4.37. The SMILES string of the molecule is CCC(CC)Oc1cc2c(cc1Cl)-c1c(cc(C(=O)OC(C)C)c(=O)n1C1CC1)CS2. The summed E-state index contributed by atoms with van der Waals surface area (Å²) in [7, 11) is 0. The Hall–Kier alpha value is -1.92. The highest BCUT2D eigenvalue weighted by Gasteiger charge is 2.34. The molecule has 0 unspecified atom stereocenters. The zero-order valence-electron chi connectivity index (χ0n) is 18.4. The second kappa shape index (κ2) is 8.91. The third-order valence-electron chi connectivity index (χ3n) is 5.66. The Labute approximate surface area is 192 Å². The first-order valence-corrected chi connectivity index (χ1v) is 12.3. The zero-order valence-corrected chi connectivity index (χ0v) is 19.9. The first-order chi connectivity index (χ1) is 14.8. The number of hydrogen-bond acceptors (Lipinski definition) is 5. The van der Waals surface area contributed by atoms with Crippen LogP contribution in [0.2, 0.25) is 5.02 Å². The number of rotatable bonds is 7. The van der Waals surface area contributed by atoms with E-state index in [0.717, 1.165) is 47.4 Å². The Morgan fingerprint density at radius 2 is 1.94 bits per heavy atom. The van der Waals surface area contributed by atoms with Gasteiger partial charge in [0.2, 0.25) is 0 Å². The molecule has 166 valence electrons. The minimum Gasteiger partial charge on any atom is -0.489 e. The molecule has 0 radical (unpaired) electrons. The molecule has 2 aromatic rings.